The second-order valence-electron chi connectivity index (χ2n) is 5.63. The molecule has 34 heavy (non-hydrogen) atoms. The van der Waals surface area contributed by atoms with Gasteiger partial charge in [-0.3, -0.25) is 0 Å². The molecule has 0 aliphatic carbocycles. The lowest BCUT2D eigenvalue weighted by atomic mass is 10.1. The summed E-state index contributed by atoms with van der Waals surface area (Å²) >= 11 is 0. The third-order valence-electron chi connectivity index (χ3n) is 3.50. The van der Waals surface area contributed by atoms with Crippen LogP contribution in [0.3, 0.4) is 0 Å². The minimum Gasteiger partial charge on any atom is -0.478 e. The molecule has 0 aliphatic heterocycles. The molecule has 0 unspecified atom stereocenters. The maximum absolute atomic E-state index is 10.5. The van der Waals surface area contributed by atoms with Crippen LogP contribution in [0.2, 0.25) is 0 Å². The Kier molecular flexibility index (Phi) is 19.2. The molecule has 0 fully saturated rings. The summed E-state index contributed by atoms with van der Waals surface area (Å²) in [5.74, 6) is -3.42. The molecule has 12 heteroatoms. The van der Waals surface area contributed by atoms with E-state index in [1.807, 2.05) is 0 Å². The second kappa shape index (κ2) is 20.1. The maximum atomic E-state index is 10.5. The molecule has 0 radical (unpaired) electrons. The second-order valence-corrected chi connectivity index (χ2v) is 5.63. The van der Waals surface area contributed by atoms with Gasteiger partial charge in [0.1, 0.15) is 13.2 Å². The molecule has 190 valence electrons. The average molecular weight is 486 g/mol. The minimum absolute atomic E-state index is 0.0812. The van der Waals surface area contributed by atoms with Gasteiger partial charge in [-0.15, -0.1) is 0 Å². The zero-order chi connectivity index (χ0) is 26.5. The largest absolute Gasteiger partial charge is 0.478 e. The quantitative estimate of drug-likeness (QED) is 0.250. The molecule has 0 saturated heterocycles. The number of carbonyl (C=O) groups is 4. The van der Waals surface area contributed by atoms with E-state index in [0.29, 0.717) is 0 Å². The van der Waals surface area contributed by atoms with Crippen LogP contribution in [0.1, 0.15) is 20.7 Å². The maximum Gasteiger partial charge on any atom is 0.336 e. The number of rotatable bonds is 12. The Bertz CT molecular complexity index is 717. The number of carboxylic acid groups (broad SMARTS) is 2. The number of benzene rings is 1. The summed E-state index contributed by atoms with van der Waals surface area (Å²) in [6.45, 7) is 6.63. The molecule has 0 aliphatic rings. The van der Waals surface area contributed by atoms with Crippen molar-refractivity contribution in [2.75, 3.05) is 41.7 Å². The monoisotopic (exact) mass is 486 g/mol. The molecule has 1 aromatic carbocycles. The number of carbonyl (C=O) groups excluding carboxylic acids is 2. The van der Waals surface area contributed by atoms with Crippen LogP contribution < -0.4 is 0 Å². The summed E-state index contributed by atoms with van der Waals surface area (Å²) in [5.41, 5.74) is -0.380. The molecule has 0 aromatic heterocycles. The van der Waals surface area contributed by atoms with Crippen molar-refractivity contribution >= 4 is 23.9 Å². The van der Waals surface area contributed by atoms with Crippen LogP contribution in [0.4, 0.5) is 0 Å². The van der Waals surface area contributed by atoms with Crippen molar-refractivity contribution in [3.05, 3.63) is 60.7 Å². The third kappa shape index (κ3) is 15.3. The van der Waals surface area contributed by atoms with Crippen molar-refractivity contribution in [1.82, 2.24) is 0 Å². The molecule has 0 heterocycles. The van der Waals surface area contributed by atoms with E-state index in [9.17, 15) is 19.2 Å². The van der Waals surface area contributed by atoms with Gasteiger partial charge in [-0.2, -0.15) is 0 Å². The Morgan fingerprint density at radius 1 is 0.735 bits per heavy atom. The fourth-order valence-electron chi connectivity index (χ4n) is 1.74. The molecule has 0 saturated carbocycles. The minimum atomic E-state index is -1.23. The first-order chi connectivity index (χ1) is 16.1. The van der Waals surface area contributed by atoms with Gasteiger partial charge in [-0.05, 0) is 12.1 Å². The van der Waals surface area contributed by atoms with Gasteiger partial charge in [0.2, 0.25) is 0 Å². The van der Waals surface area contributed by atoms with Crippen LogP contribution in [-0.4, -0.2) is 88.3 Å². The summed E-state index contributed by atoms with van der Waals surface area (Å²) in [7, 11) is 5.87. The molecule has 0 amide bonds. The van der Waals surface area contributed by atoms with E-state index in [2.05, 4.69) is 22.6 Å². The molecular weight excluding hydrogens is 456 g/mol. The Morgan fingerprint density at radius 3 is 1.24 bits per heavy atom. The number of esters is 2. The highest BCUT2D eigenvalue weighted by molar-refractivity contribution is 6.01. The molecule has 1 rings (SSSR count). The average Bonchev–Trinajstić information content (AvgIpc) is 2.85. The number of methoxy groups -OCH3 is 4. The van der Waals surface area contributed by atoms with Crippen molar-refractivity contribution < 1.29 is 57.8 Å². The van der Waals surface area contributed by atoms with Gasteiger partial charge in [-0.1, -0.05) is 25.3 Å². The summed E-state index contributed by atoms with van der Waals surface area (Å²) < 4.78 is 28.3. The normalized spacial score (nSPS) is 9.59. The number of aromatic carboxylic acids is 2. The van der Waals surface area contributed by atoms with Crippen molar-refractivity contribution in [2.24, 2.45) is 0 Å². The Balaban J connectivity index is 0. The van der Waals surface area contributed by atoms with Gasteiger partial charge in [0.15, 0.2) is 12.6 Å². The molecule has 0 bridgehead atoms. The molecule has 0 spiro atoms. The molecule has 0 atom stereocenters. The lowest BCUT2D eigenvalue weighted by Gasteiger charge is -2.11. The lowest BCUT2D eigenvalue weighted by molar-refractivity contribution is -0.162. The van der Waals surface area contributed by atoms with E-state index in [4.69, 9.17) is 29.2 Å². The number of hydrogen-bond acceptors (Lipinski definition) is 10. The van der Waals surface area contributed by atoms with Gasteiger partial charge in [0.25, 0.3) is 0 Å². The standard InChI is InChI=1S/C8H6O4.2C7H12O4/c9-7(10)5-3-1-2-4-6(5)8(11)12;2*1-4-6(8)11-5-7(9-2)10-3/h1-4H,(H,9,10)(H,11,12);2*4,7H,1,5H2,2-3H3. The predicted molar refractivity (Wildman–Crippen MR) is 118 cm³/mol. The van der Waals surface area contributed by atoms with Crippen LogP contribution in [0.5, 0.6) is 0 Å². The summed E-state index contributed by atoms with van der Waals surface area (Å²) in [6, 6.07) is 5.48. The molecule has 12 nitrogen and oxygen atoms in total. The van der Waals surface area contributed by atoms with Crippen LogP contribution in [0.15, 0.2) is 49.6 Å². The van der Waals surface area contributed by atoms with E-state index < -0.39 is 36.5 Å². The third-order valence-corrected chi connectivity index (χ3v) is 3.50. The van der Waals surface area contributed by atoms with Crippen LogP contribution >= 0.6 is 0 Å². The Labute approximate surface area is 197 Å². The Morgan fingerprint density at radius 2 is 1.03 bits per heavy atom. The van der Waals surface area contributed by atoms with E-state index in [1.54, 1.807) is 0 Å². The van der Waals surface area contributed by atoms with Crippen LogP contribution in [-0.2, 0) is 38.0 Å². The van der Waals surface area contributed by atoms with Gasteiger partial charge in [0, 0.05) is 40.6 Å². The van der Waals surface area contributed by atoms with Gasteiger partial charge >= 0.3 is 23.9 Å². The topological polar surface area (TPSA) is 164 Å². The summed E-state index contributed by atoms with van der Waals surface area (Å²) in [4.78, 5) is 41.9. The fraction of sp³-hybridized carbons (Fsp3) is 0.364. The van der Waals surface area contributed by atoms with Gasteiger partial charge in [0.05, 0.1) is 11.1 Å². The highest BCUT2D eigenvalue weighted by atomic mass is 16.7. The first kappa shape index (κ1) is 32.6. The van der Waals surface area contributed by atoms with Crippen LogP contribution in [0, 0.1) is 0 Å². The summed E-state index contributed by atoms with van der Waals surface area (Å²) in [6.07, 6.45) is 1.17. The van der Waals surface area contributed by atoms with Crippen molar-refractivity contribution in [2.45, 2.75) is 12.6 Å². The summed E-state index contributed by atoms with van der Waals surface area (Å²) in [5, 5.41) is 17.1. The SMILES string of the molecule is C=CC(=O)OCC(OC)OC.C=CC(=O)OCC(OC)OC.O=C(O)c1ccccc1C(=O)O. The van der Waals surface area contributed by atoms with Crippen molar-refractivity contribution in [3.8, 4) is 0 Å². The van der Waals surface area contributed by atoms with E-state index in [0.717, 1.165) is 12.2 Å². The molecule has 1 aromatic rings. The van der Waals surface area contributed by atoms with E-state index in [-0.39, 0.29) is 24.3 Å². The number of ether oxygens (including phenoxy) is 6. The molecule has 2 N–H and O–H groups in total. The van der Waals surface area contributed by atoms with E-state index >= 15 is 0 Å². The zero-order valence-electron chi connectivity index (χ0n) is 19.4. The number of carboxylic acids is 2. The zero-order valence-corrected chi connectivity index (χ0v) is 19.4. The van der Waals surface area contributed by atoms with Crippen LogP contribution in [0.25, 0.3) is 0 Å². The first-order valence-corrected chi connectivity index (χ1v) is 9.36. The fourth-order valence-corrected chi connectivity index (χ4v) is 1.74. The highest BCUT2D eigenvalue weighted by Gasteiger charge is 2.13. The highest BCUT2D eigenvalue weighted by Crippen LogP contribution is 2.07. The smallest absolute Gasteiger partial charge is 0.336 e. The van der Waals surface area contributed by atoms with Crippen molar-refractivity contribution in [1.29, 1.82) is 0 Å². The van der Waals surface area contributed by atoms with Gasteiger partial charge in [-0.25, -0.2) is 19.2 Å². The van der Waals surface area contributed by atoms with Gasteiger partial charge < -0.3 is 38.6 Å². The Hall–Kier alpha value is -3.58. The molecular formula is C22H30O12. The predicted octanol–water partition coefficient (Wildman–Crippen LogP) is 1.75. The first-order valence-electron chi connectivity index (χ1n) is 9.36. The number of hydrogen-bond donors (Lipinski definition) is 2. The van der Waals surface area contributed by atoms with Crippen molar-refractivity contribution in [3.63, 3.8) is 0 Å². The lowest BCUT2D eigenvalue weighted by Crippen LogP contribution is -2.21. The van der Waals surface area contributed by atoms with E-state index in [1.165, 1.54) is 52.7 Å².